The maximum atomic E-state index is 11.4. The zero-order valence-electron chi connectivity index (χ0n) is 8.66. The smallest absolute Gasteiger partial charge is 0.224 e. The normalized spacial score (nSPS) is 19.1. The first kappa shape index (κ1) is 10.6. The Morgan fingerprint density at radius 2 is 1.86 bits per heavy atom. The molecule has 0 aromatic rings. The highest BCUT2D eigenvalue weighted by atomic mass is 16.5. The zero-order valence-corrected chi connectivity index (χ0v) is 8.66. The Balaban J connectivity index is 3.03. The maximum absolute atomic E-state index is 11.4. The molecule has 0 saturated heterocycles. The van der Waals surface area contributed by atoms with Gasteiger partial charge in [-0.05, 0) is 12.5 Å². The van der Waals surface area contributed by atoms with Gasteiger partial charge in [-0.3, -0.25) is 4.79 Å². The molecule has 0 fully saturated rings. The van der Waals surface area contributed by atoms with Gasteiger partial charge in [0.25, 0.3) is 0 Å². The van der Waals surface area contributed by atoms with Gasteiger partial charge in [0, 0.05) is 11.6 Å². The molecule has 14 heavy (non-hydrogen) atoms. The van der Waals surface area contributed by atoms with Gasteiger partial charge in [-0.15, -0.1) is 0 Å². The van der Waals surface area contributed by atoms with E-state index in [0.717, 1.165) is 12.0 Å². The molecule has 0 aliphatic heterocycles. The second-order valence-corrected chi connectivity index (χ2v) is 2.86. The summed E-state index contributed by atoms with van der Waals surface area (Å²) in [6, 6.07) is 0. The summed E-state index contributed by atoms with van der Waals surface area (Å²) in [7, 11) is 3.03. The van der Waals surface area contributed by atoms with Crippen LogP contribution in [-0.4, -0.2) is 20.0 Å². The van der Waals surface area contributed by atoms with Crippen molar-refractivity contribution in [3.8, 4) is 0 Å². The molecule has 0 aromatic heterocycles. The van der Waals surface area contributed by atoms with Gasteiger partial charge in [-0.2, -0.15) is 0 Å². The maximum Gasteiger partial charge on any atom is 0.224 e. The molecule has 0 spiro atoms. The number of ketones is 1. The zero-order chi connectivity index (χ0) is 10.6. The van der Waals surface area contributed by atoms with Crippen molar-refractivity contribution in [1.29, 1.82) is 0 Å². The van der Waals surface area contributed by atoms with Gasteiger partial charge >= 0.3 is 0 Å². The Morgan fingerprint density at radius 3 is 2.36 bits per heavy atom. The lowest BCUT2D eigenvalue weighted by atomic mass is 10.0. The predicted molar refractivity (Wildman–Crippen MR) is 53.6 cm³/mol. The molecule has 0 bridgehead atoms. The minimum Gasteiger partial charge on any atom is -0.496 e. The van der Waals surface area contributed by atoms with Crippen LogP contribution in [0.2, 0.25) is 0 Å². The first-order chi connectivity index (χ1) is 6.72. The molecule has 0 amide bonds. The van der Waals surface area contributed by atoms with Crippen LogP contribution in [0.1, 0.15) is 13.3 Å². The quantitative estimate of drug-likeness (QED) is 0.689. The molecule has 1 aliphatic rings. The van der Waals surface area contributed by atoms with Gasteiger partial charge < -0.3 is 9.47 Å². The second kappa shape index (κ2) is 4.65. The molecule has 0 aromatic carbocycles. The molecule has 0 atom stereocenters. The number of carbonyl (C=O) groups excluding carboxylic acids is 1. The van der Waals surface area contributed by atoms with E-state index >= 15 is 0 Å². The number of carbonyl (C=O) groups is 1. The molecule has 76 valence electrons. The van der Waals surface area contributed by atoms with Crippen LogP contribution in [0.3, 0.4) is 0 Å². The standard InChI is InChI=1S/C11H14O3/c1-4-5-8-6-11(14-3)9(12)7-10(8)13-2/h5-7H,4H2,1-3H3/b8-5-. The lowest BCUT2D eigenvalue weighted by Crippen LogP contribution is -2.09. The summed E-state index contributed by atoms with van der Waals surface area (Å²) >= 11 is 0. The molecule has 1 aliphatic carbocycles. The largest absolute Gasteiger partial charge is 0.496 e. The second-order valence-electron chi connectivity index (χ2n) is 2.86. The van der Waals surface area contributed by atoms with Gasteiger partial charge in [-0.25, -0.2) is 0 Å². The lowest BCUT2D eigenvalue weighted by molar-refractivity contribution is -0.114. The highest BCUT2D eigenvalue weighted by Gasteiger charge is 2.17. The van der Waals surface area contributed by atoms with Crippen LogP contribution in [0.5, 0.6) is 0 Å². The van der Waals surface area contributed by atoms with Crippen molar-refractivity contribution in [2.45, 2.75) is 13.3 Å². The summed E-state index contributed by atoms with van der Waals surface area (Å²) in [6.07, 6.45) is 6.02. The summed E-state index contributed by atoms with van der Waals surface area (Å²) in [4.78, 5) is 11.4. The third-order valence-corrected chi connectivity index (χ3v) is 1.94. The number of ether oxygens (including phenoxy) is 2. The molecule has 1 rings (SSSR count). The van der Waals surface area contributed by atoms with Crippen molar-refractivity contribution in [1.82, 2.24) is 0 Å². The molecule has 0 saturated carbocycles. The average molecular weight is 194 g/mol. The van der Waals surface area contributed by atoms with Gasteiger partial charge in [0.15, 0.2) is 5.76 Å². The molecule has 0 radical (unpaired) electrons. The molecule has 3 heteroatoms. The van der Waals surface area contributed by atoms with Crippen molar-refractivity contribution in [2.75, 3.05) is 14.2 Å². The van der Waals surface area contributed by atoms with Crippen molar-refractivity contribution in [2.24, 2.45) is 0 Å². The van der Waals surface area contributed by atoms with E-state index in [-0.39, 0.29) is 5.78 Å². The van der Waals surface area contributed by atoms with Crippen molar-refractivity contribution >= 4 is 5.78 Å². The summed E-state index contributed by atoms with van der Waals surface area (Å²) < 4.78 is 10.0. The minimum absolute atomic E-state index is 0.155. The van der Waals surface area contributed by atoms with E-state index in [1.54, 1.807) is 13.2 Å². The average Bonchev–Trinajstić information content (AvgIpc) is 2.20. The van der Waals surface area contributed by atoms with E-state index in [1.165, 1.54) is 13.2 Å². The van der Waals surface area contributed by atoms with E-state index in [9.17, 15) is 4.79 Å². The van der Waals surface area contributed by atoms with Gasteiger partial charge in [-0.1, -0.05) is 13.0 Å². The third kappa shape index (κ3) is 2.05. The Hall–Kier alpha value is -1.51. The van der Waals surface area contributed by atoms with E-state index in [4.69, 9.17) is 9.47 Å². The van der Waals surface area contributed by atoms with Crippen LogP contribution in [0.15, 0.2) is 35.3 Å². The van der Waals surface area contributed by atoms with E-state index in [0.29, 0.717) is 11.5 Å². The number of hydrogen-bond donors (Lipinski definition) is 0. The van der Waals surface area contributed by atoms with Gasteiger partial charge in [0.05, 0.1) is 14.2 Å². The molecule has 0 unspecified atom stereocenters. The Kier molecular flexibility index (Phi) is 3.51. The highest BCUT2D eigenvalue weighted by molar-refractivity contribution is 6.05. The van der Waals surface area contributed by atoms with Crippen LogP contribution in [-0.2, 0) is 14.3 Å². The number of hydrogen-bond acceptors (Lipinski definition) is 3. The van der Waals surface area contributed by atoms with Crippen molar-refractivity contribution < 1.29 is 14.3 Å². The fourth-order valence-electron chi connectivity index (χ4n) is 1.27. The molecule has 3 nitrogen and oxygen atoms in total. The van der Waals surface area contributed by atoms with E-state index < -0.39 is 0 Å². The Bertz CT molecular complexity index is 321. The van der Waals surface area contributed by atoms with E-state index in [2.05, 4.69) is 0 Å². The minimum atomic E-state index is -0.155. The fourth-order valence-corrected chi connectivity index (χ4v) is 1.27. The van der Waals surface area contributed by atoms with Gasteiger partial charge in [0.2, 0.25) is 5.78 Å². The highest BCUT2D eigenvalue weighted by Crippen LogP contribution is 2.21. The summed E-state index contributed by atoms with van der Waals surface area (Å²) in [6.45, 7) is 2.02. The van der Waals surface area contributed by atoms with Gasteiger partial charge in [0.1, 0.15) is 5.76 Å². The summed E-state index contributed by atoms with van der Waals surface area (Å²) in [5.74, 6) is 0.792. The van der Waals surface area contributed by atoms with Crippen LogP contribution in [0.4, 0.5) is 0 Å². The first-order valence-electron chi connectivity index (χ1n) is 4.49. The molecular formula is C11H14O3. The summed E-state index contributed by atoms with van der Waals surface area (Å²) in [5.41, 5.74) is 0.895. The number of allylic oxidation sites excluding steroid dienone is 3. The first-order valence-corrected chi connectivity index (χ1v) is 4.49. The lowest BCUT2D eigenvalue weighted by Gasteiger charge is -2.13. The van der Waals surface area contributed by atoms with Crippen molar-refractivity contribution in [3.05, 3.63) is 35.3 Å². The van der Waals surface area contributed by atoms with Crippen LogP contribution >= 0.6 is 0 Å². The monoisotopic (exact) mass is 194 g/mol. The van der Waals surface area contributed by atoms with Crippen LogP contribution < -0.4 is 0 Å². The number of rotatable bonds is 3. The number of methoxy groups -OCH3 is 2. The van der Waals surface area contributed by atoms with Crippen LogP contribution in [0.25, 0.3) is 0 Å². The summed E-state index contributed by atoms with van der Waals surface area (Å²) in [5, 5.41) is 0. The predicted octanol–water partition coefficient (Wildman–Crippen LogP) is 1.97. The van der Waals surface area contributed by atoms with Crippen molar-refractivity contribution in [3.63, 3.8) is 0 Å². The SMILES string of the molecule is CC/C=C1/C=C(OC)C(=O)C=C1OC. The molecule has 0 heterocycles. The van der Waals surface area contributed by atoms with Crippen LogP contribution in [0, 0.1) is 0 Å². The third-order valence-electron chi connectivity index (χ3n) is 1.94. The van der Waals surface area contributed by atoms with E-state index in [1.807, 2.05) is 13.0 Å². The Morgan fingerprint density at radius 1 is 1.21 bits per heavy atom. The fraction of sp³-hybridized carbons (Fsp3) is 0.364. The topological polar surface area (TPSA) is 35.5 Å². The molecule has 0 N–H and O–H groups in total. The Labute approximate surface area is 83.7 Å². The molecular weight excluding hydrogens is 180 g/mol.